The van der Waals surface area contributed by atoms with Gasteiger partial charge in [0, 0.05) is 38.8 Å². The zero-order valence-electron chi connectivity index (χ0n) is 57.1. The molecule has 0 bridgehead atoms. The van der Waals surface area contributed by atoms with Gasteiger partial charge in [0.15, 0.2) is 0 Å². The Labute approximate surface area is 566 Å². The van der Waals surface area contributed by atoms with Crippen LogP contribution in [0.2, 0.25) is 0 Å². The Morgan fingerprint density at radius 2 is 0.541 bits per heavy atom. The molecule has 0 aliphatic carbocycles. The maximum Gasteiger partial charge on any atom is 0.337 e. The summed E-state index contributed by atoms with van der Waals surface area (Å²) in [5.74, 6) is -3.02. The number of ether oxygens (including phenoxy) is 9. The summed E-state index contributed by atoms with van der Waals surface area (Å²) in [7, 11) is 10.9. The third kappa shape index (κ3) is 14.8. The smallest absolute Gasteiger partial charge is 0.337 e. The molecule has 23 nitrogen and oxygen atoms in total. The van der Waals surface area contributed by atoms with E-state index in [-0.39, 0.29) is 113 Å². The highest BCUT2D eigenvalue weighted by atomic mass is 16.5. The van der Waals surface area contributed by atoms with Crippen molar-refractivity contribution in [1.29, 1.82) is 0 Å². The number of carbonyl (C=O) groups is 8. The van der Waals surface area contributed by atoms with Gasteiger partial charge in [0.2, 0.25) is 0 Å². The van der Waals surface area contributed by atoms with Gasteiger partial charge >= 0.3 is 11.9 Å². The van der Waals surface area contributed by atoms with Crippen LogP contribution in [0.25, 0.3) is 0 Å². The van der Waals surface area contributed by atoms with Crippen LogP contribution in [0.15, 0.2) is 133 Å². The average molecular weight is 1330 g/mol. The van der Waals surface area contributed by atoms with Gasteiger partial charge in [0.1, 0.15) is 46.0 Å². The van der Waals surface area contributed by atoms with Crippen molar-refractivity contribution in [3.63, 3.8) is 0 Å². The summed E-state index contributed by atoms with van der Waals surface area (Å²) in [6, 6.07) is 34.4. The topological polar surface area (TPSA) is 292 Å². The van der Waals surface area contributed by atoms with Crippen molar-refractivity contribution in [2.45, 2.75) is 71.6 Å². The van der Waals surface area contributed by atoms with Gasteiger partial charge in [-0.25, -0.2) is 9.59 Å². The third-order valence-electron chi connectivity index (χ3n) is 16.5. The Kier molecular flexibility index (Phi) is 20.6. The summed E-state index contributed by atoms with van der Waals surface area (Å²) in [6.45, 7) is 16.2. The minimum Gasteiger partial charge on any atom is -0.495 e. The second-order valence-corrected chi connectivity index (χ2v) is 25.2. The van der Waals surface area contributed by atoms with E-state index < -0.39 is 63.6 Å². The number of carbonyl (C=O) groups excluding carboxylic acids is 8. The van der Waals surface area contributed by atoms with Gasteiger partial charge in [-0.3, -0.25) is 28.8 Å². The van der Waals surface area contributed by atoms with Crippen LogP contribution in [0, 0.1) is 0 Å². The molecule has 0 aromatic heterocycles. The van der Waals surface area contributed by atoms with Crippen LogP contribution in [-0.2, 0) is 25.7 Å². The fourth-order valence-corrected chi connectivity index (χ4v) is 10.8. The molecule has 0 saturated carbocycles. The van der Waals surface area contributed by atoms with Crippen LogP contribution in [0.5, 0.6) is 46.0 Å². The molecule has 8 aromatic rings. The van der Waals surface area contributed by atoms with E-state index in [0.29, 0.717) is 22.5 Å². The van der Waals surface area contributed by atoms with Crippen molar-refractivity contribution < 1.29 is 81.0 Å². The average Bonchev–Trinajstić information content (AvgIpc) is 0.718. The van der Waals surface area contributed by atoms with E-state index in [4.69, 9.17) is 42.6 Å². The Bertz CT molecular complexity index is 4260. The molecule has 6 N–H and O–H groups in total. The third-order valence-corrected chi connectivity index (χ3v) is 16.5. The summed E-state index contributed by atoms with van der Waals surface area (Å²) in [5.41, 5.74) is 4.14. The van der Waals surface area contributed by atoms with E-state index in [2.05, 4.69) is 31.9 Å². The number of hydrogen-bond acceptors (Lipinski definition) is 17. The summed E-state index contributed by atoms with van der Waals surface area (Å²) in [6.07, 6.45) is 0. The Morgan fingerprint density at radius 1 is 0.316 bits per heavy atom. The molecule has 0 radical (unpaired) electrons. The van der Waals surface area contributed by atoms with Gasteiger partial charge < -0.3 is 74.5 Å². The van der Waals surface area contributed by atoms with Gasteiger partial charge in [0.25, 0.3) is 35.4 Å². The Morgan fingerprint density at radius 3 is 0.765 bits per heavy atom. The monoisotopic (exact) mass is 1330 g/mol. The number of fused-ring (bicyclic) bond motifs is 2. The Balaban J connectivity index is 0.950. The van der Waals surface area contributed by atoms with E-state index in [0.717, 1.165) is 11.1 Å². The first-order valence-electron chi connectivity index (χ1n) is 30.7. The minimum absolute atomic E-state index is 0.144. The number of rotatable bonds is 20. The molecule has 0 saturated heterocycles. The lowest BCUT2D eigenvalue weighted by Gasteiger charge is -2.38. The predicted molar refractivity (Wildman–Crippen MR) is 371 cm³/mol. The van der Waals surface area contributed by atoms with Crippen molar-refractivity contribution in [1.82, 2.24) is 0 Å². The number of methoxy groups -OCH3 is 8. The molecular formula is C75H76N6O17. The summed E-state index contributed by atoms with van der Waals surface area (Å²) in [4.78, 5) is 109. The normalized spacial score (nSPS) is 12.0. The second kappa shape index (κ2) is 28.6. The predicted octanol–water partition coefficient (Wildman–Crippen LogP) is 13.9. The number of hydrogen-bond donors (Lipinski definition) is 6. The second-order valence-electron chi connectivity index (χ2n) is 25.2. The number of benzene rings is 8. The number of anilines is 6. The zero-order valence-corrected chi connectivity index (χ0v) is 57.1. The van der Waals surface area contributed by atoms with E-state index in [1.165, 1.54) is 166 Å². The molecule has 98 heavy (non-hydrogen) atoms. The van der Waals surface area contributed by atoms with Crippen molar-refractivity contribution in [2.75, 3.05) is 88.8 Å². The van der Waals surface area contributed by atoms with Gasteiger partial charge in [-0.1, -0.05) is 67.5 Å². The highest BCUT2D eigenvalue weighted by Gasteiger charge is 2.41. The first kappa shape index (κ1) is 70.4. The van der Waals surface area contributed by atoms with E-state index >= 15 is 9.59 Å². The van der Waals surface area contributed by atoms with Crippen LogP contribution in [0.4, 0.5) is 34.1 Å². The fourth-order valence-electron chi connectivity index (χ4n) is 10.8. The molecule has 1 aliphatic rings. The lowest BCUT2D eigenvalue weighted by atomic mass is 9.70. The molecule has 9 rings (SSSR count). The van der Waals surface area contributed by atoms with Gasteiger partial charge in [0.05, 0.1) is 113 Å². The zero-order chi connectivity index (χ0) is 71.3. The molecule has 8 aromatic carbocycles. The van der Waals surface area contributed by atoms with E-state index in [1.807, 2.05) is 67.5 Å². The first-order valence-corrected chi connectivity index (χ1v) is 30.7. The summed E-state index contributed by atoms with van der Waals surface area (Å²) in [5, 5.41) is 17.2. The minimum atomic E-state index is -0.885. The summed E-state index contributed by atoms with van der Waals surface area (Å²) >= 11 is 0. The molecule has 1 aliphatic heterocycles. The van der Waals surface area contributed by atoms with Gasteiger partial charge in [-0.15, -0.1) is 0 Å². The molecule has 0 spiro atoms. The fraction of sp³-hybridized carbons (Fsp3) is 0.253. The molecule has 508 valence electrons. The van der Waals surface area contributed by atoms with Crippen LogP contribution >= 0.6 is 0 Å². The lowest BCUT2D eigenvalue weighted by molar-refractivity contribution is 0.0591. The standard InChI is InChI=1S/C75H76N6O17/c1-73(2,3)45-35-47(69(86)80-55-25-19-41(31-59(55)92-11)65(82)76-51-23-17-39(29-57(51)90-9)67(84)78-53-27-21-43(71(88)96-15)33-61(53)94-13)63-49(37-45)75(7,8)50-38-46(74(4,5)6)36-48(64(50)98-63)70(87)81-56-26-20-42(32-60(56)93-12)66(83)77-52-24-18-40(30-58(52)91-10)68(85)79-54-28-22-44(72(89)97-16)34-62(54)95-14/h17-38H,1-16H3,(H,76,82)(H,77,83)(H,78,84)(H,79,85)(H,80,86)(H,81,87). The van der Waals surface area contributed by atoms with Crippen molar-refractivity contribution in [3.05, 3.63) is 200 Å². The molecule has 1 heterocycles. The molecule has 6 amide bonds. The van der Waals surface area contributed by atoms with Crippen LogP contribution in [0.1, 0.15) is 161 Å². The van der Waals surface area contributed by atoms with Crippen molar-refractivity contribution >= 4 is 81.5 Å². The number of amides is 6. The van der Waals surface area contributed by atoms with Crippen LogP contribution < -0.4 is 65.1 Å². The van der Waals surface area contributed by atoms with Crippen molar-refractivity contribution in [3.8, 4) is 46.0 Å². The molecular weight excluding hydrogens is 1260 g/mol. The quantitative estimate of drug-likeness (QED) is 0.0387. The van der Waals surface area contributed by atoms with Crippen LogP contribution in [-0.4, -0.2) is 104 Å². The molecule has 0 unspecified atom stereocenters. The maximum atomic E-state index is 15.1. The highest BCUT2D eigenvalue weighted by molar-refractivity contribution is 6.13. The largest absolute Gasteiger partial charge is 0.495 e. The van der Waals surface area contributed by atoms with Gasteiger partial charge in [-0.05, 0) is 143 Å². The van der Waals surface area contributed by atoms with Crippen molar-refractivity contribution in [2.24, 2.45) is 0 Å². The highest BCUT2D eigenvalue weighted by Crippen LogP contribution is 2.53. The SMILES string of the molecule is COC(=O)c1ccc(NC(=O)c2ccc(NC(=O)c3ccc(NC(=O)c4cc(C(C)(C)C)cc5c4Oc4c(C(=O)Nc6ccc(C(=O)Nc7ccc(C(=O)Nc8ccc(C(=O)OC)cc8OC)cc7OC)cc6OC)cc(C(C)(C)C)cc4C5(C)C)c(OC)c3)c(OC)c2)c(OC)c1. The molecule has 0 atom stereocenters. The number of nitrogens with one attached hydrogen (secondary N) is 6. The molecule has 23 heteroatoms. The van der Waals surface area contributed by atoms with E-state index in [1.54, 1.807) is 12.1 Å². The number of esters is 2. The van der Waals surface area contributed by atoms with Crippen LogP contribution in [0.3, 0.4) is 0 Å². The summed E-state index contributed by atoms with van der Waals surface area (Å²) < 4.78 is 50.1. The Hall–Kier alpha value is -11.9. The first-order chi connectivity index (χ1) is 46.5. The maximum absolute atomic E-state index is 15.1. The molecule has 0 fully saturated rings. The van der Waals surface area contributed by atoms with E-state index in [9.17, 15) is 28.8 Å². The lowest BCUT2D eigenvalue weighted by Crippen LogP contribution is -2.30. The van der Waals surface area contributed by atoms with Gasteiger partial charge in [-0.2, -0.15) is 0 Å².